The van der Waals surface area contributed by atoms with Crippen LogP contribution in [0.25, 0.3) is 22.2 Å². The highest BCUT2D eigenvalue weighted by Gasteiger charge is 2.10. The van der Waals surface area contributed by atoms with E-state index >= 15 is 0 Å². The number of nitrogens with zero attached hydrogens (tertiary/aromatic N) is 2. The standard InChI is InChI=1S/C19H17N3/c1-2-6-15(7-3-1)10-11-22-14-20-13-19(22)17-12-21-18-9-5-4-8-16(17)18/h1-9,12-14,21H,10-11H2. The number of rotatable bonds is 4. The third-order valence-electron chi connectivity index (χ3n) is 4.06. The first-order chi connectivity index (χ1) is 10.9. The van der Waals surface area contributed by atoms with Gasteiger partial charge in [0.2, 0.25) is 0 Å². The smallest absolute Gasteiger partial charge is 0.0951 e. The van der Waals surface area contributed by atoms with Gasteiger partial charge in [-0.3, -0.25) is 0 Å². The van der Waals surface area contributed by atoms with Crippen LogP contribution in [-0.2, 0) is 13.0 Å². The summed E-state index contributed by atoms with van der Waals surface area (Å²) in [5.41, 5.74) is 4.88. The normalized spacial score (nSPS) is 11.1. The van der Waals surface area contributed by atoms with E-state index in [2.05, 4.69) is 75.3 Å². The van der Waals surface area contributed by atoms with Gasteiger partial charge in [-0.25, -0.2) is 4.98 Å². The molecule has 0 unspecified atom stereocenters. The molecule has 0 saturated carbocycles. The number of hydrogen-bond acceptors (Lipinski definition) is 1. The van der Waals surface area contributed by atoms with Gasteiger partial charge in [0.15, 0.2) is 0 Å². The number of benzene rings is 2. The number of H-pyrrole nitrogens is 1. The predicted molar refractivity (Wildman–Crippen MR) is 89.7 cm³/mol. The van der Waals surface area contributed by atoms with Crippen molar-refractivity contribution in [3.8, 4) is 11.3 Å². The number of aryl methyl sites for hydroxylation is 2. The van der Waals surface area contributed by atoms with E-state index in [4.69, 9.17) is 0 Å². The zero-order valence-corrected chi connectivity index (χ0v) is 12.2. The van der Waals surface area contributed by atoms with Crippen molar-refractivity contribution >= 4 is 10.9 Å². The quantitative estimate of drug-likeness (QED) is 0.597. The number of aromatic nitrogens is 3. The number of nitrogens with one attached hydrogen (secondary N) is 1. The molecule has 0 aliphatic heterocycles. The second-order valence-corrected chi connectivity index (χ2v) is 5.46. The van der Waals surface area contributed by atoms with Crippen LogP contribution in [0.2, 0.25) is 0 Å². The fourth-order valence-corrected chi connectivity index (χ4v) is 2.90. The van der Waals surface area contributed by atoms with Crippen molar-refractivity contribution in [2.24, 2.45) is 0 Å². The maximum Gasteiger partial charge on any atom is 0.0951 e. The minimum Gasteiger partial charge on any atom is -0.360 e. The van der Waals surface area contributed by atoms with Crippen molar-refractivity contribution in [2.75, 3.05) is 0 Å². The summed E-state index contributed by atoms with van der Waals surface area (Å²) in [6, 6.07) is 18.9. The first-order valence-electron chi connectivity index (χ1n) is 7.52. The van der Waals surface area contributed by atoms with E-state index in [1.165, 1.54) is 16.5 Å². The van der Waals surface area contributed by atoms with Gasteiger partial charge in [0.05, 0.1) is 18.2 Å². The molecule has 0 aliphatic rings. The van der Waals surface area contributed by atoms with E-state index in [-0.39, 0.29) is 0 Å². The van der Waals surface area contributed by atoms with Gasteiger partial charge < -0.3 is 9.55 Å². The molecule has 4 rings (SSSR count). The molecule has 0 amide bonds. The van der Waals surface area contributed by atoms with Gasteiger partial charge in [-0.1, -0.05) is 48.5 Å². The van der Waals surface area contributed by atoms with Gasteiger partial charge in [-0.05, 0) is 18.1 Å². The Hall–Kier alpha value is -2.81. The van der Waals surface area contributed by atoms with E-state index in [1.54, 1.807) is 0 Å². The molecule has 0 bridgehead atoms. The summed E-state index contributed by atoms with van der Waals surface area (Å²) in [6.07, 6.45) is 6.94. The van der Waals surface area contributed by atoms with Crippen LogP contribution in [0.3, 0.4) is 0 Å². The lowest BCUT2D eigenvalue weighted by molar-refractivity contribution is 0.702. The van der Waals surface area contributed by atoms with Crippen molar-refractivity contribution in [1.29, 1.82) is 0 Å². The summed E-state index contributed by atoms with van der Waals surface area (Å²) < 4.78 is 2.22. The molecule has 0 spiro atoms. The summed E-state index contributed by atoms with van der Waals surface area (Å²) in [5, 5.41) is 1.24. The second kappa shape index (κ2) is 5.53. The second-order valence-electron chi connectivity index (χ2n) is 5.46. The summed E-state index contributed by atoms with van der Waals surface area (Å²) in [7, 11) is 0. The van der Waals surface area contributed by atoms with Crippen LogP contribution in [0, 0.1) is 0 Å². The largest absolute Gasteiger partial charge is 0.360 e. The van der Waals surface area contributed by atoms with Gasteiger partial charge in [0.1, 0.15) is 0 Å². The van der Waals surface area contributed by atoms with Crippen LogP contribution in [0.5, 0.6) is 0 Å². The van der Waals surface area contributed by atoms with E-state index in [0.29, 0.717) is 0 Å². The monoisotopic (exact) mass is 287 g/mol. The third-order valence-corrected chi connectivity index (χ3v) is 4.06. The Bertz CT molecular complexity index is 887. The van der Waals surface area contributed by atoms with Crippen molar-refractivity contribution in [1.82, 2.24) is 14.5 Å². The van der Waals surface area contributed by atoms with E-state index in [0.717, 1.165) is 24.2 Å². The molecule has 22 heavy (non-hydrogen) atoms. The van der Waals surface area contributed by atoms with Crippen LogP contribution in [0.15, 0.2) is 73.3 Å². The maximum atomic E-state index is 4.35. The highest BCUT2D eigenvalue weighted by molar-refractivity contribution is 5.94. The summed E-state index contributed by atoms with van der Waals surface area (Å²) in [5.74, 6) is 0. The van der Waals surface area contributed by atoms with Gasteiger partial charge in [0, 0.05) is 29.2 Å². The maximum absolute atomic E-state index is 4.35. The van der Waals surface area contributed by atoms with E-state index in [1.807, 2.05) is 12.5 Å². The van der Waals surface area contributed by atoms with Crippen LogP contribution < -0.4 is 0 Å². The van der Waals surface area contributed by atoms with Crippen LogP contribution in [-0.4, -0.2) is 14.5 Å². The van der Waals surface area contributed by atoms with Gasteiger partial charge in [0.25, 0.3) is 0 Å². The molecule has 3 nitrogen and oxygen atoms in total. The predicted octanol–water partition coefficient (Wildman–Crippen LogP) is 4.27. The Kier molecular flexibility index (Phi) is 3.24. The molecular formula is C19H17N3. The van der Waals surface area contributed by atoms with Gasteiger partial charge in [-0.2, -0.15) is 0 Å². The molecule has 2 aromatic carbocycles. The topological polar surface area (TPSA) is 33.6 Å². The van der Waals surface area contributed by atoms with Crippen LogP contribution in [0.1, 0.15) is 5.56 Å². The lowest BCUT2D eigenvalue weighted by Crippen LogP contribution is -2.01. The molecule has 0 saturated heterocycles. The number of imidazole rings is 1. The molecule has 108 valence electrons. The van der Waals surface area contributed by atoms with Crippen molar-refractivity contribution in [3.05, 3.63) is 78.9 Å². The van der Waals surface area contributed by atoms with Crippen LogP contribution >= 0.6 is 0 Å². The molecule has 0 radical (unpaired) electrons. The molecule has 2 aromatic heterocycles. The molecule has 3 heteroatoms. The van der Waals surface area contributed by atoms with Crippen molar-refractivity contribution < 1.29 is 0 Å². The molecule has 4 aromatic rings. The lowest BCUT2D eigenvalue weighted by atomic mass is 10.1. The average molecular weight is 287 g/mol. The summed E-state index contributed by atoms with van der Waals surface area (Å²) in [4.78, 5) is 7.68. The fraction of sp³-hybridized carbons (Fsp3) is 0.105. The minimum atomic E-state index is 0.929. The van der Waals surface area contributed by atoms with Crippen molar-refractivity contribution in [2.45, 2.75) is 13.0 Å². The highest BCUT2D eigenvalue weighted by atomic mass is 15.0. The minimum absolute atomic E-state index is 0.929. The molecular weight excluding hydrogens is 270 g/mol. The molecule has 0 aliphatic carbocycles. The summed E-state index contributed by atoms with van der Waals surface area (Å²) >= 11 is 0. The molecule has 1 N–H and O–H groups in total. The Balaban J connectivity index is 1.65. The third kappa shape index (κ3) is 2.31. The first kappa shape index (κ1) is 12.9. The average Bonchev–Trinajstić information content (AvgIpc) is 3.20. The zero-order chi connectivity index (χ0) is 14.8. The number of aromatic amines is 1. The molecule has 2 heterocycles. The Morgan fingerprint density at radius 3 is 2.68 bits per heavy atom. The summed E-state index contributed by atoms with van der Waals surface area (Å²) in [6.45, 7) is 0.929. The molecule has 0 fully saturated rings. The van der Waals surface area contributed by atoms with Gasteiger partial charge >= 0.3 is 0 Å². The first-order valence-corrected chi connectivity index (χ1v) is 7.52. The Morgan fingerprint density at radius 2 is 1.77 bits per heavy atom. The number of hydrogen-bond donors (Lipinski definition) is 1. The highest BCUT2D eigenvalue weighted by Crippen LogP contribution is 2.28. The van der Waals surface area contributed by atoms with Crippen LogP contribution in [0.4, 0.5) is 0 Å². The van der Waals surface area contributed by atoms with E-state index < -0.39 is 0 Å². The number of para-hydroxylation sites is 1. The van der Waals surface area contributed by atoms with Crippen molar-refractivity contribution in [3.63, 3.8) is 0 Å². The SMILES string of the molecule is c1ccc(CCn2cncc2-c2c[nH]c3ccccc23)cc1. The Labute approximate surface area is 129 Å². The lowest BCUT2D eigenvalue weighted by Gasteiger charge is -2.07. The fourth-order valence-electron chi connectivity index (χ4n) is 2.90. The molecule has 0 atom stereocenters. The van der Waals surface area contributed by atoms with E-state index in [9.17, 15) is 0 Å². The number of fused-ring (bicyclic) bond motifs is 1. The van der Waals surface area contributed by atoms with Gasteiger partial charge in [-0.15, -0.1) is 0 Å². The Morgan fingerprint density at radius 1 is 0.955 bits per heavy atom. The zero-order valence-electron chi connectivity index (χ0n) is 12.2.